The molecule has 1 amide bonds. The molecule has 0 bridgehead atoms. The van der Waals surface area contributed by atoms with Crippen LogP contribution in [0.4, 0.5) is 0 Å². The van der Waals surface area contributed by atoms with Gasteiger partial charge in [0.05, 0.1) is 34.1 Å². The quantitative estimate of drug-likeness (QED) is 0.102. The Morgan fingerprint density at radius 3 is 2.46 bits per heavy atom. The smallest absolute Gasteiger partial charge is 0.336 e. The highest BCUT2D eigenvalue weighted by atomic mass is 35.5. The molecule has 1 atom stereocenters. The zero-order valence-corrected chi connectivity index (χ0v) is 21.1. The Labute approximate surface area is 219 Å². The van der Waals surface area contributed by atoms with Gasteiger partial charge < -0.3 is 20.3 Å². The molecule has 37 heavy (non-hydrogen) atoms. The molecule has 0 spiro atoms. The molecular weight excluding hydrogens is 490 g/mol. The van der Waals surface area contributed by atoms with Gasteiger partial charge in [0, 0.05) is 13.6 Å². The van der Waals surface area contributed by atoms with Crippen molar-refractivity contribution in [3.63, 3.8) is 0 Å². The number of halogens is 1. The first-order chi connectivity index (χ1) is 17.9. The number of aromatic nitrogens is 2. The zero-order valence-electron chi connectivity index (χ0n) is 20.4. The van der Waals surface area contributed by atoms with Gasteiger partial charge in [-0.05, 0) is 48.2 Å². The number of nitrogens with one attached hydrogen (secondary N) is 3. The number of amides is 1. The number of nitrogens with zero attached hydrogens (tertiary/aromatic N) is 2. The highest BCUT2D eigenvalue weighted by Crippen LogP contribution is 2.26. The van der Waals surface area contributed by atoms with Crippen molar-refractivity contribution >= 4 is 40.3 Å². The molecule has 9 heteroatoms. The van der Waals surface area contributed by atoms with Gasteiger partial charge >= 0.3 is 5.97 Å². The number of carbonyl (C=O) groups excluding carboxylic acids is 1. The highest BCUT2D eigenvalue weighted by Gasteiger charge is 2.24. The van der Waals surface area contributed by atoms with E-state index in [1.807, 2.05) is 66.2 Å². The molecule has 1 aromatic heterocycles. The van der Waals surface area contributed by atoms with Crippen LogP contribution in [-0.4, -0.2) is 44.8 Å². The van der Waals surface area contributed by atoms with Gasteiger partial charge in [-0.25, -0.2) is 9.78 Å². The Balaban J connectivity index is 1.63. The molecule has 4 rings (SSSR count). The van der Waals surface area contributed by atoms with E-state index in [0.717, 1.165) is 16.6 Å². The molecular formula is C28H28ClN5O3. The lowest BCUT2D eigenvalue weighted by Crippen LogP contribution is -2.32. The average Bonchev–Trinajstić information content (AvgIpc) is 3.26. The summed E-state index contributed by atoms with van der Waals surface area (Å²) in [7, 11) is 1.89. The first kappa shape index (κ1) is 25.9. The molecule has 0 unspecified atom stereocenters. The Hall–Kier alpha value is -4.17. The Kier molecular flexibility index (Phi) is 8.20. The molecule has 4 aromatic rings. The maximum atomic E-state index is 13.4. The molecule has 1 heterocycles. The van der Waals surface area contributed by atoms with E-state index in [4.69, 9.17) is 22.0 Å². The molecule has 0 aliphatic heterocycles. The van der Waals surface area contributed by atoms with E-state index in [2.05, 4.69) is 10.6 Å². The topological polar surface area (TPSA) is 120 Å². The number of carboxylic acid groups (broad SMARTS) is 1. The van der Waals surface area contributed by atoms with Gasteiger partial charge in [0.15, 0.2) is 0 Å². The molecule has 0 saturated heterocycles. The van der Waals surface area contributed by atoms with Crippen LogP contribution in [0, 0.1) is 5.41 Å². The lowest BCUT2D eigenvalue weighted by molar-refractivity contribution is 0.0690. The number of carbonyl (C=O) groups is 2. The van der Waals surface area contributed by atoms with Crippen molar-refractivity contribution in [2.75, 3.05) is 12.4 Å². The monoisotopic (exact) mass is 517 g/mol. The van der Waals surface area contributed by atoms with Crippen molar-refractivity contribution < 1.29 is 14.7 Å². The maximum Gasteiger partial charge on any atom is 0.336 e. The van der Waals surface area contributed by atoms with Gasteiger partial charge in [-0.2, -0.15) is 0 Å². The van der Waals surface area contributed by atoms with Crippen molar-refractivity contribution in [1.82, 2.24) is 20.2 Å². The summed E-state index contributed by atoms with van der Waals surface area (Å²) in [6.07, 6.45) is 1.15. The SMILES string of the molecule is Cn1c([C@H](CCCNC(=N)CCl)NC(=O)c2ccc(-c3ccccc3)cc2C(=O)O)nc2ccccc21. The van der Waals surface area contributed by atoms with E-state index in [-0.39, 0.29) is 22.8 Å². The number of hydrogen-bond donors (Lipinski definition) is 4. The standard InChI is InChI=1S/C28H28ClN5O3/c1-34-24-12-6-5-10-22(24)32-26(34)23(11-7-15-31-25(30)17-29)33-27(35)20-14-13-19(16-21(20)28(36)37)18-8-3-2-4-9-18/h2-6,8-10,12-14,16,23H,7,11,15,17H2,1H3,(H2,30,31)(H,33,35)(H,36,37)/t23-/m0/s1. The van der Waals surface area contributed by atoms with Gasteiger partial charge in [0.25, 0.3) is 5.91 Å². The van der Waals surface area contributed by atoms with Crippen molar-refractivity contribution in [1.29, 1.82) is 5.41 Å². The predicted molar refractivity (Wildman–Crippen MR) is 145 cm³/mol. The van der Waals surface area contributed by atoms with Gasteiger partial charge in [0.1, 0.15) is 11.7 Å². The van der Waals surface area contributed by atoms with Crippen LogP contribution in [-0.2, 0) is 7.05 Å². The number of fused-ring (bicyclic) bond motifs is 1. The van der Waals surface area contributed by atoms with E-state index < -0.39 is 17.9 Å². The first-order valence-corrected chi connectivity index (χ1v) is 12.4. The number of amidine groups is 1. The normalized spacial score (nSPS) is 11.7. The fourth-order valence-electron chi connectivity index (χ4n) is 4.30. The number of para-hydroxylation sites is 2. The number of aromatic carboxylic acids is 1. The summed E-state index contributed by atoms with van der Waals surface area (Å²) in [5.74, 6) is -0.669. The lowest BCUT2D eigenvalue weighted by atomic mass is 9.98. The summed E-state index contributed by atoms with van der Waals surface area (Å²) in [6.45, 7) is 0.508. The molecule has 0 saturated carbocycles. The molecule has 0 aliphatic rings. The Morgan fingerprint density at radius 1 is 1.03 bits per heavy atom. The van der Waals surface area contributed by atoms with Crippen LogP contribution in [0.5, 0.6) is 0 Å². The summed E-state index contributed by atoms with van der Waals surface area (Å²) < 4.78 is 1.94. The summed E-state index contributed by atoms with van der Waals surface area (Å²) >= 11 is 5.68. The third kappa shape index (κ3) is 5.98. The minimum absolute atomic E-state index is 0.0696. The number of rotatable bonds is 10. The minimum atomic E-state index is -1.18. The maximum absolute atomic E-state index is 13.4. The van der Waals surface area contributed by atoms with E-state index >= 15 is 0 Å². The first-order valence-electron chi connectivity index (χ1n) is 11.9. The molecule has 190 valence electrons. The second kappa shape index (κ2) is 11.7. The van der Waals surface area contributed by atoms with Crippen LogP contribution in [0.3, 0.4) is 0 Å². The van der Waals surface area contributed by atoms with Crippen LogP contribution in [0.1, 0.15) is 45.4 Å². The number of aryl methyl sites for hydroxylation is 1. The van der Waals surface area contributed by atoms with E-state index in [1.165, 1.54) is 6.07 Å². The second-order valence-corrected chi connectivity index (χ2v) is 8.92. The summed E-state index contributed by atoms with van der Waals surface area (Å²) in [6, 6.07) is 21.5. The van der Waals surface area contributed by atoms with Crippen molar-refractivity contribution in [2.24, 2.45) is 7.05 Å². The van der Waals surface area contributed by atoms with Crippen LogP contribution in [0.25, 0.3) is 22.2 Å². The van der Waals surface area contributed by atoms with E-state index in [1.54, 1.807) is 12.1 Å². The molecule has 0 radical (unpaired) electrons. The average molecular weight is 518 g/mol. The number of imidazole rings is 1. The summed E-state index contributed by atoms with van der Waals surface area (Å²) in [5.41, 5.74) is 3.33. The Morgan fingerprint density at radius 2 is 1.76 bits per heavy atom. The number of alkyl halides is 1. The van der Waals surface area contributed by atoms with Crippen LogP contribution in [0.2, 0.25) is 0 Å². The third-order valence-corrected chi connectivity index (χ3v) is 6.45. The van der Waals surface area contributed by atoms with Crippen LogP contribution < -0.4 is 10.6 Å². The predicted octanol–water partition coefficient (Wildman–Crippen LogP) is 5.00. The summed E-state index contributed by atoms with van der Waals surface area (Å²) in [5, 5.41) is 23.5. The van der Waals surface area contributed by atoms with Crippen LogP contribution >= 0.6 is 11.6 Å². The molecule has 0 fully saturated rings. The fraction of sp³-hybridized carbons (Fsp3) is 0.214. The number of benzene rings is 3. The fourth-order valence-corrected chi connectivity index (χ4v) is 4.39. The molecule has 0 aliphatic carbocycles. The van der Waals surface area contributed by atoms with Crippen molar-refractivity contribution in [3.05, 3.63) is 89.7 Å². The Bertz CT molecular complexity index is 1430. The van der Waals surface area contributed by atoms with Crippen molar-refractivity contribution in [2.45, 2.75) is 18.9 Å². The van der Waals surface area contributed by atoms with Crippen molar-refractivity contribution in [3.8, 4) is 11.1 Å². The highest BCUT2D eigenvalue weighted by molar-refractivity contribution is 6.27. The van der Waals surface area contributed by atoms with Gasteiger partial charge in [0.2, 0.25) is 0 Å². The molecule has 3 aromatic carbocycles. The van der Waals surface area contributed by atoms with Gasteiger partial charge in [-0.3, -0.25) is 10.2 Å². The van der Waals surface area contributed by atoms with Gasteiger partial charge in [-0.15, -0.1) is 11.6 Å². The zero-order chi connectivity index (χ0) is 26.4. The minimum Gasteiger partial charge on any atom is -0.478 e. The lowest BCUT2D eigenvalue weighted by Gasteiger charge is -2.20. The second-order valence-electron chi connectivity index (χ2n) is 8.66. The molecule has 8 nitrogen and oxygen atoms in total. The molecule has 4 N–H and O–H groups in total. The number of hydrogen-bond acceptors (Lipinski definition) is 4. The third-order valence-electron chi connectivity index (χ3n) is 6.18. The van der Waals surface area contributed by atoms with Gasteiger partial charge in [-0.1, -0.05) is 48.5 Å². The summed E-state index contributed by atoms with van der Waals surface area (Å²) in [4.78, 5) is 30.3. The van der Waals surface area contributed by atoms with E-state index in [9.17, 15) is 14.7 Å². The van der Waals surface area contributed by atoms with E-state index in [0.29, 0.717) is 30.8 Å². The van der Waals surface area contributed by atoms with Crippen LogP contribution in [0.15, 0.2) is 72.8 Å². The number of carboxylic acids is 1. The largest absolute Gasteiger partial charge is 0.478 e.